The van der Waals surface area contributed by atoms with Crippen LogP contribution >= 0.6 is 0 Å². The smallest absolute Gasteiger partial charge is 0.237 e. The highest BCUT2D eigenvalue weighted by molar-refractivity contribution is 5.89. The average Bonchev–Trinajstić information content (AvgIpc) is 3.50. The van der Waals surface area contributed by atoms with Crippen molar-refractivity contribution in [3.63, 3.8) is 0 Å². The van der Waals surface area contributed by atoms with E-state index in [0.717, 1.165) is 49.1 Å². The van der Waals surface area contributed by atoms with Crippen molar-refractivity contribution in [2.24, 2.45) is 5.92 Å². The molecule has 1 atom stereocenters. The summed E-state index contributed by atoms with van der Waals surface area (Å²) in [6.45, 7) is 6.95. The Balaban J connectivity index is 1.33. The first-order valence-corrected chi connectivity index (χ1v) is 13.2. The molecule has 35 heavy (non-hydrogen) atoms. The van der Waals surface area contributed by atoms with Gasteiger partial charge in [0, 0.05) is 67.3 Å². The molecule has 1 aliphatic carbocycles. The molecular weight excluding hydrogens is 444 g/mol. The number of carbonyl (C=O) groups is 1. The highest BCUT2D eigenvalue weighted by Crippen LogP contribution is 2.49. The Labute approximate surface area is 207 Å². The van der Waals surface area contributed by atoms with Crippen LogP contribution in [0.5, 0.6) is 5.75 Å². The lowest BCUT2D eigenvalue weighted by Gasteiger charge is -2.57. The van der Waals surface area contributed by atoms with Crippen LogP contribution < -0.4 is 4.74 Å². The van der Waals surface area contributed by atoms with Gasteiger partial charge in [0.05, 0.1) is 39.5 Å². The third kappa shape index (κ3) is 4.14. The van der Waals surface area contributed by atoms with Gasteiger partial charge in [-0.3, -0.25) is 9.69 Å². The number of amides is 1. The van der Waals surface area contributed by atoms with Gasteiger partial charge in [-0.2, -0.15) is 0 Å². The zero-order valence-electron chi connectivity index (χ0n) is 20.8. The van der Waals surface area contributed by atoms with Gasteiger partial charge in [-0.15, -0.1) is 0 Å². The number of likely N-dealkylation sites (tertiary alicyclic amines) is 1. The van der Waals surface area contributed by atoms with Gasteiger partial charge in [-0.1, -0.05) is 12.8 Å². The first-order valence-electron chi connectivity index (χ1n) is 13.2. The predicted molar refractivity (Wildman–Crippen MR) is 134 cm³/mol. The number of hydrogen-bond donors (Lipinski definition) is 2. The lowest BCUT2D eigenvalue weighted by molar-refractivity contribution is -0.141. The van der Waals surface area contributed by atoms with E-state index in [1.807, 2.05) is 17.0 Å². The third-order valence-electron chi connectivity index (χ3n) is 8.75. The summed E-state index contributed by atoms with van der Waals surface area (Å²) in [5.74, 6) is 1.72. The fourth-order valence-electron chi connectivity index (χ4n) is 7.07. The molecule has 190 valence electrons. The highest BCUT2D eigenvalue weighted by Gasteiger charge is 2.53. The van der Waals surface area contributed by atoms with Crippen molar-refractivity contribution in [1.82, 2.24) is 19.7 Å². The largest absolute Gasteiger partial charge is 0.497 e. The molecule has 1 spiro atoms. The Hall–Kier alpha value is -2.13. The molecule has 3 aliphatic heterocycles. The minimum Gasteiger partial charge on any atom is -0.497 e. The molecule has 1 aromatic heterocycles. The van der Waals surface area contributed by atoms with Crippen molar-refractivity contribution < 1.29 is 19.4 Å². The maximum atomic E-state index is 13.6. The summed E-state index contributed by atoms with van der Waals surface area (Å²) in [5, 5.41) is 11.7. The zero-order valence-corrected chi connectivity index (χ0v) is 20.8. The van der Waals surface area contributed by atoms with Crippen molar-refractivity contribution in [2.75, 3.05) is 72.7 Å². The molecule has 1 amide bonds. The third-order valence-corrected chi connectivity index (χ3v) is 8.75. The van der Waals surface area contributed by atoms with Crippen LogP contribution in [0.3, 0.4) is 0 Å². The van der Waals surface area contributed by atoms with E-state index in [9.17, 15) is 9.90 Å². The quantitative estimate of drug-likeness (QED) is 0.657. The molecule has 0 radical (unpaired) electrons. The monoisotopic (exact) mass is 482 g/mol. The Morgan fingerprint density at radius 1 is 1.17 bits per heavy atom. The van der Waals surface area contributed by atoms with Gasteiger partial charge in [-0.05, 0) is 36.5 Å². The number of morpholine rings is 1. The van der Waals surface area contributed by atoms with Crippen LogP contribution in [0.2, 0.25) is 0 Å². The molecule has 0 unspecified atom stereocenters. The van der Waals surface area contributed by atoms with Gasteiger partial charge in [-0.25, -0.2) is 0 Å². The Morgan fingerprint density at radius 2 is 1.94 bits per heavy atom. The summed E-state index contributed by atoms with van der Waals surface area (Å²) in [5.41, 5.74) is 3.21. The van der Waals surface area contributed by atoms with Crippen LogP contribution in [0.25, 0.3) is 10.9 Å². The van der Waals surface area contributed by atoms with E-state index in [1.165, 1.54) is 43.2 Å². The van der Waals surface area contributed by atoms with Gasteiger partial charge in [0.1, 0.15) is 5.75 Å². The standard InChI is InChI=1S/C27H38N4O4/c1-34-20-6-7-21-22(12-20)28-26-23(15-32)31(24(33)14-29-8-10-35-11-9-29)18-27(25(21)26)16-30(17-27)13-19-4-2-3-5-19/h6-7,12,19,23,28,32H,2-5,8-11,13-18H2,1H3/t23-/m0/s1. The van der Waals surface area contributed by atoms with E-state index in [1.54, 1.807) is 7.11 Å². The summed E-state index contributed by atoms with van der Waals surface area (Å²) in [6.07, 6.45) is 5.41. The maximum Gasteiger partial charge on any atom is 0.237 e. The lowest BCUT2D eigenvalue weighted by atomic mass is 9.68. The number of nitrogens with one attached hydrogen (secondary N) is 1. The molecular formula is C27H38N4O4. The van der Waals surface area contributed by atoms with Crippen LogP contribution in [-0.4, -0.2) is 103 Å². The number of rotatable bonds is 6. The summed E-state index contributed by atoms with van der Waals surface area (Å²) < 4.78 is 10.9. The molecule has 2 saturated heterocycles. The number of aromatic nitrogens is 1. The summed E-state index contributed by atoms with van der Waals surface area (Å²) in [7, 11) is 1.68. The molecule has 6 rings (SSSR count). The van der Waals surface area contributed by atoms with Crippen molar-refractivity contribution in [2.45, 2.75) is 37.1 Å². The molecule has 1 saturated carbocycles. The van der Waals surface area contributed by atoms with E-state index in [4.69, 9.17) is 9.47 Å². The normalized spacial score (nSPS) is 25.2. The topological polar surface area (TPSA) is 81.3 Å². The number of carbonyl (C=O) groups excluding carboxylic acids is 1. The first kappa shape index (κ1) is 23.3. The van der Waals surface area contributed by atoms with Gasteiger partial charge in [0.2, 0.25) is 5.91 Å². The van der Waals surface area contributed by atoms with Gasteiger partial charge in [0.25, 0.3) is 0 Å². The molecule has 8 heteroatoms. The van der Waals surface area contributed by atoms with Crippen LogP contribution in [0.15, 0.2) is 18.2 Å². The minimum atomic E-state index is -0.355. The van der Waals surface area contributed by atoms with E-state index in [-0.39, 0.29) is 24.0 Å². The second-order valence-electron chi connectivity index (χ2n) is 11.0. The van der Waals surface area contributed by atoms with Gasteiger partial charge in [0.15, 0.2) is 0 Å². The predicted octanol–water partition coefficient (Wildman–Crippen LogP) is 2.13. The number of benzene rings is 1. The zero-order chi connectivity index (χ0) is 24.0. The van der Waals surface area contributed by atoms with Crippen LogP contribution in [0, 0.1) is 5.92 Å². The Kier molecular flexibility index (Phi) is 6.25. The number of H-pyrrole nitrogens is 1. The molecule has 8 nitrogen and oxygen atoms in total. The Bertz CT molecular complexity index is 1070. The summed E-state index contributed by atoms with van der Waals surface area (Å²) in [6, 6.07) is 5.84. The number of fused-ring (bicyclic) bond motifs is 4. The fourth-order valence-corrected chi connectivity index (χ4v) is 7.07. The number of ether oxygens (including phenoxy) is 2. The number of aliphatic hydroxyl groups excluding tert-OH is 1. The Morgan fingerprint density at radius 3 is 2.66 bits per heavy atom. The summed E-state index contributed by atoms with van der Waals surface area (Å²) >= 11 is 0. The van der Waals surface area contributed by atoms with Crippen molar-refractivity contribution in [1.29, 1.82) is 0 Å². The molecule has 4 heterocycles. The van der Waals surface area contributed by atoms with Crippen LogP contribution in [0.4, 0.5) is 0 Å². The second-order valence-corrected chi connectivity index (χ2v) is 11.0. The van der Waals surface area contributed by atoms with Gasteiger partial charge < -0.3 is 29.4 Å². The maximum absolute atomic E-state index is 13.6. The minimum absolute atomic E-state index is 0.0896. The molecule has 0 bridgehead atoms. The molecule has 3 fully saturated rings. The fraction of sp³-hybridized carbons (Fsp3) is 0.667. The number of aromatic amines is 1. The second kappa shape index (κ2) is 9.39. The number of aliphatic hydroxyl groups is 1. The molecule has 4 aliphatic rings. The van der Waals surface area contributed by atoms with Gasteiger partial charge >= 0.3 is 0 Å². The van der Waals surface area contributed by atoms with Crippen molar-refractivity contribution in [3.05, 3.63) is 29.5 Å². The molecule has 1 aromatic carbocycles. The highest BCUT2D eigenvalue weighted by atomic mass is 16.5. The lowest BCUT2D eigenvalue weighted by Crippen LogP contribution is -2.67. The first-order chi connectivity index (χ1) is 17.1. The van der Waals surface area contributed by atoms with Crippen molar-refractivity contribution in [3.8, 4) is 5.75 Å². The molecule has 2 aromatic rings. The molecule has 2 N–H and O–H groups in total. The van der Waals surface area contributed by atoms with Crippen LogP contribution in [0.1, 0.15) is 43.0 Å². The number of nitrogens with zero attached hydrogens (tertiary/aromatic N) is 3. The van der Waals surface area contributed by atoms with E-state index in [0.29, 0.717) is 26.3 Å². The van der Waals surface area contributed by atoms with E-state index < -0.39 is 0 Å². The number of hydrogen-bond acceptors (Lipinski definition) is 6. The summed E-state index contributed by atoms with van der Waals surface area (Å²) in [4.78, 5) is 24.0. The van der Waals surface area contributed by atoms with E-state index >= 15 is 0 Å². The average molecular weight is 483 g/mol. The van der Waals surface area contributed by atoms with Crippen molar-refractivity contribution >= 4 is 16.8 Å². The number of methoxy groups -OCH3 is 1. The van der Waals surface area contributed by atoms with Crippen LogP contribution in [-0.2, 0) is 14.9 Å². The SMILES string of the molecule is COc1ccc2c3c([nH]c2c1)[C@H](CO)N(C(=O)CN1CCOCC1)CC31CN(CC2CCCC2)C1. The van der Waals surface area contributed by atoms with E-state index in [2.05, 4.69) is 20.9 Å².